The van der Waals surface area contributed by atoms with Gasteiger partial charge < -0.3 is 9.84 Å². The van der Waals surface area contributed by atoms with Crippen molar-refractivity contribution >= 4 is 11.8 Å². The average molecular weight is 324 g/mol. The quantitative estimate of drug-likeness (QED) is 0.590. The molecular formula is C18H25FO4. The molecule has 0 aromatic heterocycles. The SMILES string of the molecule is COC(=O)C(CCc1cc(F)ccc1C)C(=O)CC(O)C(C)C. The fraction of sp³-hybridized carbons (Fsp3) is 0.556. The lowest BCUT2D eigenvalue weighted by atomic mass is 9.89. The maximum atomic E-state index is 13.3. The number of hydrogen-bond acceptors (Lipinski definition) is 4. The van der Waals surface area contributed by atoms with Gasteiger partial charge in [0.15, 0.2) is 0 Å². The predicted octanol–water partition coefficient (Wildman–Crippen LogP) is 2.83. The lowest BCUT2D eigenvalue weighted by Gasteiger charge is -2.18. The van der Waals surface area contributed by atoms with Crippen LogP contribution in [0.1, 0.15) is 37.8 Å². The molecule has 0 radical (unpaired) electrons. The van der Waals surface area contributed by atoms with Crippen LogP contribution >= 0.6 is 0 Å². The van der Waals surface area contributed by atoms with Crippen molar-refractivity contribution < 1.29 is 23.8 Å². The largest absolute Gasteiger partial charge is 0.468 e. The predicted molar refractivity (Wildman–Crippen MR) is 85.4 cm³/mol. The van der Waals surface area contributed by atoms with Crippen LogP contribution in [0.3, 0.4) is 0 Å². The Morgan fingerprint density at radius 2 is 1.96 bits per heavy atom. The van der Waals surface area contributed by atoms with E-state index in [0.29, 0.717) is 6.42 Å². The van der Waals surface area contributed by atoms with Gasteiger partial charge in [0, 0.05) is 6.42 Å². The molecule has 0 saturated heterocycles. The third kappa shape index (κ3) is 5.75. The lowest BCUT2D eigenvalue weighted by Crippen LogP contribution is -2.30. The first-order valence-electron chi connectivity index (χ1n) is 7.79. The summed E-state index contributed by atoms with van der Waals surface area (Å²) in [5.41, 5.74) is 1.67. The topological polar surface area (TPSA) is 63.6 Å². The zero-order chi connectivity index (χ0) is 17.6. The van der Waals surface area contributed by atoms with Gasteiger partial charge in [-0.05, 0) is 48.9 Å². The molecule has 2 atom stereocenters. The number of hydrogen-bond donors (Lipinski definition) is 1. The van der Waals surface area contributed by atoms with Crippen LogP contribution in [0.2, 0.25) is 0 Å². The number of carbonyl (C=O) groups is 2. The van der Waals surface area contributed by atoms with E-state index in [4.69, 9.17) is 4.74 Å². The second kappa shape index (κ2) is 8.77. The van der Waals surface area contributed by atoms with Crippen LogP contribution in [-0.2, 0) is 20.7 Å². The molecule has 4 nitrogen and oxygen atoms in total. The van der Waals surface area contributed by atoms with E-state index in [-0.39, 0.29) is 30.4 Å². The highest BCUT2D eigenvalue weighted by Crippen LogP contribution is 2.19. The number of Topliss-reactive ketones (excluding diaryl/α,β-unsaturated/α-hetero) is 1. The van der Waals surface area contributed by atoms with Gasteiger partial charge in [0.1, 0.15) is 17.5 Å². The molecule has 23 heavy (non-hydrogen) atoms. The van der Waals surface area contributed by atoms with Crippen molar-refractivity contribution in [3.8, 4) is 0 Å². The maximum absolute atomic E-state index is 13.3. The van der Waals surface area contributed by atoms with Crippen molar-refractivity contribution in [2.45, 2.75) is 46.1 Å². The van der Waals surface area contributed by atoms with Gasteiger partial charge in [-0.1, -0.05) is 19.9 Å². The highest BCUT2D eigenvalue weighted by Gasteiger charge is 2.29. The van der Waals surface area contributed by atoms with Gasteiger partial charge in [0.25, 0.3) is 0 Å². The molecule has 1 rings (SSSR count). The summed E-state index contributed by atoms with van der Waals surface area (Å²) in [6.45, 7) is 5.47. The van der Waals surface area contributed by atoms with Gasteiger partial charge in [-0.25, -0.2) is 4.39 Å². The molecule has 1 N–H and O–H groups in total. The van der Waals surface area contributed by atoms with Gasteiger partial charge in [-0.15, -0.1) is 0 Å². The van der Waals surface area contributed by atoms with Crippen LogP contribution < -0.4 is 0 Å². The van der Waals surface area contributed by atoms with Crippen molar-refractivity contribution in [3.05, 3.63) is 35.1 Å². The molecule has 0 heterocycles. The third-order valence-electron chi connectivity index (χ3n) is 4.07. The summed E-state index contributed by atoms with van der Waals surface area (Å²) in [4.78, 5) is 24.2. The summed E-state index contributed by atoms with van der Waals surface area (Å²) in [5.74, 6) is -2.30. The summed E-state index contributed by atoms with van der Waals surface area (Å²) in [6, 6.07) is 4.46. The third-order valence-corrected chi connectivity index (χ3v) is 4.07. The van der Waals surface area contributed by atoms with Crippen molar-refractivity contribution in [2.75, 3.05) is 7.11 Å². The Bertz CT molecular complexity index is 554. The van der Waals surface area contributed by atoms with Crippen molar-refractivity contribution in [1.82, 2.24) is 0 Å². The molecule has 128 valence electrons. The fourth-order valence-electron chi connectivity index (χ4n) is 2.35. The molecule has 0 aliphatic carbocycles. The van der Waals surface area contributed by atoms with Crippen molar-refractivity contribution in [1.29, 1.82) is 0 Å². The summed E-state index contributed by atoms with van der Waals surface area (Å²) in [6.07, 6.45) is -0.238. The smallest absolute Gasteiger partial charge is 0.316 e. The minimum absolute atomic E-state index is 0.0669. The first-order valence-corrected chi connectivity index (χ1v) is 7.79. The van der Waals surface area contributed by atoms with E-state index in [1.807, 2.05) is 6.92 Å². The molecule has 1 aromatic carbocycles. The number of aliphatic hydroxyl groups is 1. The average Bonchev–Trinajstić information content (AvgIpc) is 2.50. The number of esters is 1. The molecule has 0 amide bonds. The van der Waals surface area contributed by atoms with E-state index >= 15 is 0 Å². The number of aryl methyl sites for hydroxylation is 2. The molecule has 0 spiro atoms. The molecular weight excluding hydrogens is 299 g/mol. The molecule has 1 aromatic rings. The highest BCUT2D eigenvalue weighted by molar-refractivity contribution is 5.99. The van der Waals surface area contributed by atoms with Gasteiger partial charge in [-0.2, -0.15) is 0 Å². The monoisotopic (exact) mass is 324 g/mol. The Balaban J connectivity index is 2.81. The normalized spacial score (nSPS) is 13.7. The summed E-state index contributed by atoms with van der Waals surface area (Å²) in [5, 5.41) is 9.84. The van der Waals surface area contributed by atoms with Gasteiger partial charge >= 0.3 is 5.97 Å². The zero-order valence-electron chi connectivity index (χ0n) is 14.1. The maximum Gasteiger partial charge on any atom is 0.316 e. The number of ketones is 1. The number of rotatable bonds is 8. The standard InChI is InChI=1S/C18H25FO4/c1-11(2)16(20)10-17(21)15(18(22)23-4)8-6-13-9-14(19)7-5-12(13)3/h5,7,9,11,15-16,20H,6,8,10H2,1-4H3. The van der Waals surface area contributed by atoms with E-state index < -0.39 is 18.0 Å². The van der Waals surface area contributed by atoms with Crippen LogP contribution in [0, 0.1) is 24.6 Å². The summed E-state index contributed by atoms with van der Waals surface area (Å²) < 4.78 is 18.0. The Morgan fingerprint density at radius 1 is 1.30 bits per heavy atom. The Morgan fingerprint density at radius 3 is 2.52 bits per heavy atom. The number of methoxy groups -OCH3 is 1. The molecule has 0 fully saturated rings. The fourth-order valence-corrected chi connectivity index (χ4v) is 2.35. The number of benzene rings is 1. The van der Waals surface area contributed by atoms with E-state index in [9.17, 15) is 19.1 Å². The number of aliphatic hydroxyl groups excluding tert-OH is 1. The van der Waals surface area contributed by atoms with Gasteiger partial charge in [0.2, 0.25) is 0 Å². The Kier molecular flexibility index (Phi) is 7.36. The number of halogens is 1. The molecule has 0 bridgehead atoms. The van der Waals surface area contributed by atoms with Crippen LogP contribution in [0.15, 0.2) is 18.2 Å². The molecule has 0 saturated carbocycles. The molecule has 0 aliphatic heterocycles. The number of carbonyl (C=O) groups excluding carboxylic acids is 2. The summed E-state index contributed by atoms with van der Waals surface area (Å²) >= 11 is 0. The van der Waals surface area contributed by atoms with Gasteiger partial charge in [0.05, 0.1) is 13.2 Å². The zero-order valence-corrected chi connectivity index (χ0v) is 14.1. The van der Waals surface area contributed by atoms with E-state index in [1.165, 1.54) is 19.2 Å². The van der Waals surface area contributed by atoms with E-state index in [2.05, 4.69) is 0 Å². The Labute approximate surface area is 136 Å². The van der Waals surface area contributed by atoms with Crippen LogP contribution in [-0.4, -0.2) is 30.1 Å². The van der Waals surface area contributed by atoms with Gasteiger partial charge in [-0.3, -0.25) is 9.59 Å². The van der Waals surface area contributed by atoms with Crippen LogP contribution in [0.5, 0.6) is 0 Å². The Hall–Kier alpha value is -1.75. The van der Waals surface area contributed by atoms with Crippen molar-refractivity contribution in [2.24, 2.45) is 11.8 Å². The minimum Gasteiger partial charge on any atom is -0.468 e. The van der Waals surface area contributed by atoms with Crippen molar-refractivity contribution in [3.63, 3.8) is 0 Å². The molecule has 5 heteroatoms. The second-order valence-corrected chi connectivity index (χ2v) is 6.17. The highest BCUT2D eigenvalue weighted by atomic mass is 19.1. The second-order valence-electron chi connectivity index (χ2n) is 6.17. The summed E-state index contributed by atoms with van der Waals surface area (Å²) in [7, 11) is 1.23. The first-order chi connectivity index (χ1) is 10.8. The number of ether oxygens (including phenoxy) is 1. The first kappa shape index (κ1) is 19.3. The minimum atomic E-state index is -0.934. The molecule has 0 aliphatic rings. The van der Waals surface area contributed by atoms with E-state index in [1.54, 1.807) is 19.9 Å². The van der Waals surface area contributed by atoms with Crippen LogP contribution in [0.4, 0.5) is 4.39 Å². The van der Waals surface area contributed by atoms with E-state index in [0.717, 1.165) is 11.1 Å². The van der Waals surface area contributed by atoms with Crippen LogP contribution in [0.25, 0.3) is 0 Å². The molecule has 2 unspecified atom stereocenters. The lowest BCUT2D eigenvalue weighted by molar-refractivity contribution is -0.150.